The van der Waals surface area contributed by atoms with Crippen molar-refractivity contribution in [2.75, 3.05) is 38.3 Å². The first-order chi connectivity index (χ1) is 8.26. The predicted molar refractivity (Wildman–Crippen MR) is 66.3 cm³/mol. The van der Waals surface area contributed by atoms with Crippen LogP contribution in [0.2, 0.25) is 0 Å². The third-order valence-corrected chi connectivity index (χ3v) is 3.66. The first-order valence-electron chi connectivity index (χ1n) is 5.67. The summed E-state index contributed by atoms with van der Waals surface area (Å²) in [6, 6.07) is 0.197. The van der Waals surface area contributed by atoms with Crippen LogP contribution in [0, 0.1) is 0 Å². The maximum atomic E-state index is 5.73. The fourth-order valence-corrected chi connectivity index (χ4v) is 2.56. The summed E-state index contributed by atoms with van der Waals surface area (Å²) in [5.74, 6) is 0.731. The van der Waals surface area contributed by atoms with Crippen molar-refractivity contribution in [3.05, 3.63) is 5.82 Å². The zero-order chi connectivity index (χ0) is 12.3. The Labute approximate surface area is 105 Å². The van der Waals surface area contributed by atoms with Crippen LogP contribution in [0.5, 0.6) is 0 Å². The van der Waals surface area contributed by atoms with Gasteiger partial charge in [0, 0.05) is 31.7 Å². The molecule has 1 aromatic heterocycles. The molecular formula is C10H18N4O2S. The van der Waals surface area contributed by atoms with Gasteiger partial charge in [0.25, 0.3) is 0 Å². The molecule has 0 radical (unpaired) electrons. The van der Waals surface area contributed by atoms with Gasteiger partial charge in [0.05, 0.1) is 19.3 Å². The largest absolute Gasteiger partial charge is 0.377 e. The number of nitrogens with zero attached hydrogens (tertiary/aromatic N) is 3. The molecule has 6 nitrogen and oxygen atoms in total. The average molecular weight is 258 g/mol. The number of nitrogens with two attached hydrogens (primary N) is 1. The van der Waals surface area contributed by atoms with E-state index in [9.17, 15) is 0 Å². The van der Waals surface area contributed by atoms with Crippen LogP contribution in [-0.4, -0.2) is 48.8 Å². The van der Waals surface area contributed by atoms with Gasteiger partial charge in [-0.25, -0.2) is 4.98 Å². The van der Waals surface area contributed by atoms with Crippen LogP contribution < -0.4 is 10.6 Å². The molecule has 1 fully saturated rings. The fraction of sp³-hybridized carbons (Fsp3) is 0.800. The van der Waals surface area contributed by atoms with Gasteiger partial charge < -0.3 is 20.1 Å². The number of ether oxygens (including phenoxy) is 2. The molecule has 1 aliphatic heterocycles. The van der Waals surface area contributed by atoms with Gasteiger partial charge in [-0.15, -0.1) is 0 Å². The Morgan fingerprint density at radius 3 is 3.24 bits per heavy atom. The molecule has 0 aliphatic carbocycles. The van der Waals surface area contributed by atoms with E-state index in [4.69, 9.17) is 15.2 Å². The summed E-state index contributed by atoms with van der Waals surface area (Å²) in [5, 5.41) is 0.905. The number of hydrogen-bond donors (Lipinski definition) is 1. The van der Waals surface area contributed by atoms with Crippen molar-refractivity contribution in [1.29, 1.82) is 0 Å². The van der Waals surface area contributed by atoms with Crippen LogP contribution in [0.25, 0.3) is 0 Å². The summed E-state index contributed by atoms with van der Waals surface area (Å²) in [7, 11) is 1.66. The molecule has 1 aliphatic rings. The Balaban J connectivity index is 2.12. The predicted octanol–water partition coefficient (Wildman–Crippen LogP) is 0.409. The van der Waals surface area contributed by atoms with E-state index in [0.717, 1.165) is 17.5 Å². The molecule has 7 heteroatoms. The molecule has 2 unspecified atom stereocenters. The minimum atomic E-state index is -0.0719. The number of rotatable bonds is 4. The minimum absolute atomic E-state index is 0.0719. The minimum Gasteiger partial charge on any atom is -0.377 e. The Morgan fingerprint density at radius 1 is 1.71 bits per heavy atom. The molecule has 2 atom stereocenters. The molecule has 2 heterocycles. The van der Waals surface area contributed by atoms with Crippen LogP contribution in [-0.2, 0) is 9.47 Å². The lowest BCUT2D eigenvalue weighted by Gasteiger charge is -2.34. The quantitative estimate of drug-likeness (QED) is 0.843. The van der Waals surface area contributed by atoms with Gasteiger partial charge in [-0.1, -0.05) is 0 Å². The molecule has 1 aromatic rings. The van der Waals surface area contributed by atoms with Gasteiger partial charge in [0.1, 0.15) is 6.10 Å². The topological polar surface area (TPSA) is 73.5 Å². The van der Waals surface area contributed by atoms with Crippen LogP contribution in [0.1, 0.15) is 18.9 Å². The Hall–Kier alpha value is -0.760. The smallest absolute Gasteiger partial charge is 0.205 e. The first-order valence-corrected chi connectivity index (χ1v) is 6.44. The second kappa shape index (κ2) is 5.72. The Morgan fingerprint density at radius 2 is 2.53 bits per heavy atom. The van der Waals surface area contributed by atoms with Crippen molar-refractivity contribution in [3.8, 4) is 0 Å². The zero-order valence-corrected chi connectivity index (χ0v) is 10.9. The van der Waals surface area contributed by atoms with Crippen LogP contribution in [0.4, 0.5) is 5.13 Å². The number of morpholine rings is 1. The SMILES string of the molecule is COC(C)c1nsc(N2CCOCC2CN)n1. The highest BCUT2D eigenvalue weighted by atomic mass is 32.1. The maximum Gasteiger partial charge on any atom is 0.205 e. The molecule has 2 rings (SSSR count). The van der Waals surface area contributed by atoms with Crippen LogP contribution in [0.3, 0.4) is 0 Å². The van der Waals surface area contributed by atoms with Crippen molar-refractivity contribution in [2.24, 2.45) is 5.73 Å². The number of anilines is 1. The molecular weight excluding hydrogens is 240 g/mol. The monoisotopic (exact) mass is 258 g/mol. The highest BCUT2D eigenvalue weighted by Gasteiger charge is 2.25. The summed E-state index contributed by atoms with van der Waals surface area (Å²) >= 11 is 1.39. The van der Waals surface area contributed by atoms with E-state index in [0.29, 0.717) is 19.8 Å². The molecule has 0 saturated carbocycles. The molecule has 2 N–H and O–H groups in total. The highest BCUT2D eigenvalue weighted by Crippen LogP contribution is 2.24. The van der Waals surface area contributed by atoms with Gasteiger partial charge >= 0.3 is 0 Å². The molecule has 96 valence electrons. The van der Waals surface area contributed by atoms with Crippen LogP contribution >= 0.6 is 11.5 Å². The number of methoxy groups -OCH3 is 1. The van der Waals surface area contributed by atoms with Crippen molar-refractivity contribution in [3.63, 3.8) is 0 Å². The second-order valence-electron chi connectivity index (χ2n) is 3.97. The fourth-order valence-electron chi connectivity index (χ4n) is 1.72. The molecule has 1 saturated heterocycles. The normalized spacial score (nSPS) is 22.8. The van der Waals surface area contributed by atoms with Gasteiger partial charge in [0.15, 0.2) is 5.82 Å². The van der Waals surface area contributed by atoms with Gasteiger partial charge in [-0.2, -0.15) is 4.37 Å². The lowest BCUT2D eigenvalue weighted by Crippen LogP contribution is -2.49. The van der Waals surface area contributed by atoms with E-state index in [1.54, 1.807) is 7.11 Å². The van der Waals surface area contributed by atoms with E-state index < -0.39 is 0 Å². The van der Waals surface area contributed by atoms with Crippen molar-refractivity contribution >= 4 is 16.7 Å². The van der Waals surface area contributed by atoms with Gasteiger partial charge in [-0.3, -0.25) is 0 Å². The molecule has 0 aromatic carbocycles. The average Bonchev–Trinajstić information content (AvgIpc) is 2.87. The van der Waals surface area contributed by atoms with Crippen molar-refractivity contribution < 1.29 is 9.47 Å². The summed E-state index contributed by atoms with van der Waals surface area (Å²) in [6.07, 6.45) is -0.0719. The van der Waals surface area contributed by atoms with Crippen LogP contribution in [0.15, 0.2) is 0 Å². The van der Waals surface area contributed by atoms with E-state index >= 15 is 0 Å². The molecule has 0 spiro atoms. The van der Waals surface area contributed by atoms with E-state index in [1.165, 1.54) is 11.5 Å². The zero-order valence-electron chi connectivity index (χ0n) is 10.1. The third kappa shape index (κ3) is 2.74. The van der Waals surface area contributed by atoms with Gasteiger partial charge in [0.2, 0.25) is 5.13 Å². The lowest BCUT2D eigenvalue weighted by molar-refractivity contribution is 0.0959. The highest BCUT2D eigenvalue weighted by molar-refractivity contribution is 7.09. The van der Waals surface area contributed by atoms with Crippen molar-refractivity contribution in [2.45, 2.75) is 19.1 Å². The summed E-state index contributed by atoms with van der Waals surface area (Å²) in [4.78, 5) is 6.67. The van der Waals surface area contributed by atoms with E-state index in [1.807, 2.05) is 6.92 Å². The third-order valence-electron chi connectivity index (χ3n) is 2.89. The summed E-state index contributed by atoms with van der Waals surface area (Å²) in [6.45, 7) is 4.69. The number of aromatic nitrogens is 2. The Bertz CT molecular complexity index is 360. The second-order valence-corrected chi connectivity index (χ2v) is 4.70. The van der Waals surface area contributed by atoms with E-state index in [-0.39, 0.29) is 12.1 Å². The van der Waals surface area contributed by atoms with E-state index in [2.05, 4.69) is 14.3 Å². The summed E-state index contributed by atoms with van der Waals surface area (Å²) in [5.41, 5.74) is 5.73. The Kier molecular flexibility index (Phi) is 4.27. The standard InChI is InChI=1S/C10H18N4O2S/c1-7(15-2)9-12-10(17-13-9)14-3-4-16-6-8(14)5-11/h7-8H,3-6,11H2,1-2H3. The molecule has 0 amide bonds. The number of hydrogen-bond acceptors (Lipinski definition) is 7. The van der Waals surface area contributed by atoms with Crippen molar-refractivity contribution in [1.82, 2.24) is 9.36 Å². The van der Waals surface area contributed by atoms with Gasteiger partial charge in [-0.05, 0) is 6.92 Å². The first kappa shape index (κ1) is 12.7. The molecule has 0 bridgehead atoms. The molecule has 17 heavy (non-hydrogen) atoms. The summed E-state index contributed by atoms with van der Waals surface area (Å²) < 4.78 is 14.9. The lowest BCUT2D eigenvalue weighted by atomic mass is 10.2. The maximum absolute atomic E-state index is 5.73.